The molecular formula is C19H25N3O4. The van der Waals surface area contributed by atoms with Crippen molar-refractivity contribution in [1.82, 2.24) is 15.5 Å². The number of carbonyl (C=O) groups is 3. The van der Waals surface area contributed by atoms with Crippen LogP contribution in [0.2, 0.25) is 0 Å². The van der Waals surface area contributed by atoms with Gasteiger partial charge in [-0.05, 0) is 44.2 Å². The zero-order valence-electron chi connectivity index (χ0n) is 15.2. The first kappa shape index (κ1) is 18.4. The van der Waals surface area contributed by atoms with Crippen molar-refractivity contribution < 1.29 is 19.1 Å². The van der Waals surface area contributed by atoms with Gasteiger partial charge in [0.2, 0.25) is 5.91 Å². The molecule has 7 heteroatoms. The van der Waals surface area contributed by atoms with Gasteiger partial charge in [0.1, 0.15) is 12.1 Å². The Morgan fingerprint density at radius 3 is 2.88 bits per heavy atom. The van der Waals surface area contributed by atoms with Gasteiger partial charge in [-0.15, -0.1) is 0 Å². The van der Waals surface area contributed by atoms with Crippen LogP contribution in [0.15, 0.2) is 24.3 Å². The number of urea groups is 1. The number of benzene rings is 1. The highest BCUT2D eigenvalue weighted by Gasteiger charge is 2.55. The average Bonchev–Trinajstić information content (AvgIpc) is 3.08. The molecule has 4 amide bonds. The smallest absolute Gasteiger partial charge is 0.325 e. The van der Waals surface area contributed by atoms with Crippen LogP contribution in [-0.2, 0) is 26.3 Å². The molecule has 0 radical (unpaired) electrons. The second kappa shape index (κ2) is 7.45. The van der Waals surface area contributed by atoms with E-state index in [-0.39, 0.29) is 24.5 Å². The molecule has 1 aromatic carbocycles. The van der Waals surface area contributed by atoms with Crippen LogP contribution in [-0.4, -0.2) is 48.5 Å². The molecular weight excluding hydrogens is 334 g/mol. The number of rotatable bonds is 7. The average molecular weight is 359 g/mol. The first-order valence-corrected chi connectivity index (χ1v) is 9.05. The van der Waals surface area contributed by atoms with Gasteiger partial charge in [-0.1, -0.05) is 24.3 Å². The predicted octanol–water partition coefficient (Wildman–Crippen LogP) is 1.31. The molecule has 7 nitrogen and oxygen atoms in total. The number of hydrogen-bond donors (Lipinski definition) is 2. The molecule has 140 valence electrons. The number of hydrogen-bond acceptors (Lipinski definition) is 4. The fraction of sp³-hybridized carbons (Fsp3) is 0.526. The van der Waals surface area contributed by atoms with Gasteiger partial charge in [-0.25, -0.2) is 4.79 Å². The molecule has 1 fully saturated rings. The van der Waals surface area contributed by atoms with E-state index in [9.17, 15) is 14.4 Å². The van der Waals surface area contributed by atoms with Crippen molar-refractivity contribution in [1.29, 1.82) is 0 Å². The largest absolute Gasteiger partial charge is 0.379 e. The molecule has 1 saturated heterocycles. The van der Waals surface area contributed by atoms with E-state index in [0.717, 1.165) is 22.4 Å². The van der Waals surface area contributed by atoms with Crippen molar-refractivity contribution in [2.45, 2.75) is 44.8 Å². The Kier molecular flexibility index (Phi) is 5.27. The second-order valence-corrected chi connectivity index (χ2v) is 7.01. The summed E-state index contributed by atoms with van der Waals surface area (Å²) in [7, 11) is 0. The molecule has 0 aromatic heterocycles. The number of nitrogens with zero attached hydrogens (tertiary/aromatic N) is 1. The summed E-state index contributed by atoms with van der Waals surface area (Å²) in [5.74, 6) is -0.688. The van der Waals surface area contributed by atoms with Crippen LogP contribution >= 0.6 is 0 Å². The van der Waals surface area contributed by atoms with Crippen molar-refractivity contribution in [2.75, 3.05) is 19.7 Å². The molecule has 1 spiro atoms. The summed E-state index contributed by atoms with van der Waals surface area (Å²) in [6, 6.07) is 7.12. The van der Waals surface area contributed by atoms with Crippen LogP contribution in [0.1, 0.15) is 37.8 Å². The van der Waals surface area contributed by atoms with Gasteiger partial charge in [0.15, 0.2) is 0 Å². The Morgan fingerprint density at radius 1 is 1.35 bits per heavy atom. The summed E-state index contributed by atoms with van der Waals surface area (Å²) < 4.78 is 5.41. The molecule has 1 atom stereocenters. The number of aryl methyl sites for hydroxylation is 1. The molecule has 3 rings (SSSR count). The molecule has 1 heterocycles. The van der Waals surface area contributed by atoms with Gasteiger partial charge in [0.05, 0.1) is 6.10 Å². The minimum atomic E-state index is -1.01. The third-order valence-electron chi connectivity index (χ3n) is 4.82. The number of imide groups is 1. The van der Waals surface area contributed by atoms with Gasteiger partial charge in [0.25, 0.3) is 5.91 Å². The Morgan fingerprint density at radius 2 is 2.12 bits per heavy atom. The van der Waals surface area contributed by atoms with E-state index in [2.05, 4.69) is 10.6 Å². The van der Waals surface area contributed by atoms with E-state index in [1.54, 1.807) is 0 Å². The lowest BCUT2D eigenvalue weighted by Crippen LogP contribution is -2.44. The highest BCUT2D eigenvalue weighted by atomic mass is 16.5. The summed E-state index contributed by atoms with van der Waals surface area (Å²) in [6.07, 6.45) is 2.10. The summed E-state index contributed by atoms with van der Waals surface area (Å²) in [6.45, 7) is 4.64. The van der Waals surface area contributed by atoms with Gasteiger partial charge in [0, 0.05) is 13.2 Å². The maximum Gasteiger partial charge on any atom is 0.325 e. The second-order valence-electron chi connectivity index (χ2n) is 7.01. The van der Waals surface area contributed by atoms with Crippen LogP contribution in [0.25, 0.3) is 0 Å². The molecule has 0 bridgehead atoms. The van der Waals surface area contributed by atoms with Crippen molar-refractivity contribution in [3.05, 3.63) is 35.4 Å². The Hall–Kier alpha value is -2.41. The minimum absolute atomic E-state index is 0.155. The van der Waals surface area contributed by atoms with E-state index in [1.165, 1.54) is 0 Å². The predicted molar refractivity (Wildman–Crippen MR) is 95.4 cm³/mol. The van der Waals surface area contributed by atoms with Gasteiger partial charge >= 0.3 is 6.03 Å². The van der Waals surface area contributed by atoms with E-state index < -0.39 is 11.6 Å². The first-order chi connectivity index (χ1) is 12.4. The van der Waals surface area contributed by atoms with Gasteiger partial charge in [-0.3, -0.25) is 14.5 Å². The minimum Gasteiger partial charge on any atom is -0.379 e. The fourth-order valence-corrected chi connectivity index (χ4v) is 3.55. The van der Waals surface area contributed by atoms with Crippen LogP contribution in [0.3, 0.4) is 0 Å². The number of fused-ring (bicyclic) bond motifs is 2. The monoisotopic (exact) mass is 359 g/mol. The number of nitrogens with one attached hydrogen (secondary N) is 2. The fourth-order valence-electron chi connectivity index (χ4n) is 3.55. The molecule has 1 aromatic rings. The standard InChI is InChI=1S/C19H25N3O4/c1-13(2)26-11-5-10-20-16(23)12-22-17(24)19(21-18(22)25)9-8-14-6-3-4-7-15(14)19/h3-4,6-7,13H,5,8-12H2,1-2H3,(H,20,23)(H,21,25)/t19-/m0/s1. The lowest BCUT2D eigenvalue weighted by atomic mass is 9.92. The Bertz CT molecular complexity index is 718. The van der Waals surface area contributed by atoms with E-state index in [4.69, 9.17) is 4.74 Å². The van der Waals surface area contributed by atoms with Crippen LogP contribution in [0.5, 0.6) is 0 Å². The molecule has 2 aliphatic rings. The third kappa shape index (κ3) is 3.44. The highest BCUT2D eigenvalue weighted by molar-refractivity contribution is 6.09. The van der Waals surface area contributed by atoms with Crippen molar-refractivity contribution in [3.63, 3.8) is 0 Å². The topological polar surface area (TPSA) is 87.7 Å². The maximum absolute atomic E-state index is 12.9. The summed E-state index contributed by atoms with van der Waals surface area (Å²) in [4.78, 5) is 38.4. The third-order valence-corrected chi connectivity index (χ3v) is 4.82. The zero-order valence-corrected chi connectivity index (χ0v) is 15.2. The number of carbonyl (C=O) groups excluding carboxylic acids is 3. The van der Waals surface area contributed by atoms with Crippen molar-refractivity contribution >= 4 is 17.8 Å². The lowest BCUT2D eigenvalue weighted by molar-refractivity contribution is -0.135. The first-order valence-electron chi connectivity index (χ1n) is 9.05. The number of amides is 4. The Labute approximate surface area is 153 Å². The molecule has 2 N–H and O–H groups in total. The maximum atomic E-state index is 12.9. The number of ether oxygens (including phenoxy) is 1. The molecule has 26 heavy (non-hydrogen) atoms. The Balaban J connectivity index is 1.58. The van der Waals surface area contributed by atoms with E-state index >= 15 is 0 Å². The normalized spacial score (nSPS) is 21.4. The lowest BCUT2D eigenvalue weighted by Gasteiger charge is -2.22. The van der Waals surface area contributed by atoms with E-state index in [0.29, 0.717) is 26.0 Å². The molecule has 0 unspecified atom stereocenters. The van der Waals surface area contributed by atoms with Crippen molar-refractivity contribution in [2.24, 2.45) is 0 Å². The van der Waals surface area contributed by atoms with Gasteiger partial charge in [-0.2, -0.15) is 0 Å². The summed E-state index contributed by atoms with van der Waals surface area (Å²) in [5.41, 5.74) is 0.892. The molecule has 1 aliphatic carbocycles. The zero-order chi connectivity index (χ0) is 18.7. The molecule has 0 saturated carbocycles. The van der Waals surface area contributed by atoms with Crippen molar-refractivity contribution in [3.8, 4) is 0 Å². The van der Waals surface area contributed by atoms with E-state index in [1.807, 2.05) is 38.1 Å². The summed E-state index contributed by atoms with van der Waals surface area (Å²) >= 11 is 0. The van der Waals surface area contributed by atoms with Crippen LogP contribution in [0, 0.1) is 0 Å². The quantitative estimate of drug-likeness (QED) is 0.568. The highest BCUT2D eigenvalue weighted by Crippen LogP contribution is 2.41. The van der Waals surface area contributed by atoms with Crippen LogP contribution < -0.4 is 10.6 Å². The van der Waals surface area contributed by atoms with Gasteiger partial charge < -0.3 is 15.4 Å². The van der Waals surface area contributed by atoms with Crippen LogP contribution in [0.4, 0.5) is 4.79 Å². The summed E-state index contributed by atoms with van der Waals surface area (Å²) in [5, 5.41) is 5.55. The molecule has 1 aliphatic heterocycles. The SMILES string of the molecule is CC(C)OCCCNC(=O)CN1C(=O)N[C@]2(CCc3ccccc32)C1=O.